The van der Waals surface area contributed by atoms with Crippen LogP contribution in [-0.4, -0.2) is 40.3 Å². The number of carbonyl (C=O) groups excluding carboxylic acids is 2. The van der Waals surface area contributed by atoms with Crippen LogP contribution >= 0.6 is 0 Å². The van der Waals surface area contributed by atoms with E-state index in [0.29, 0.717) is 5.56 Å². The Kier molecular flexibility index (Phi) is 3.46. The molecule has 2 rings (SSSR count). The third-order valence-electron chi connectivity index (χ3n) is 3.43. The molecule has 5 nitrogen and oxygen atoms in total. The van der Waals surface area contributed by atoms with E-state index in [4.69, 9.17) is 9.47 Å². The summed E-state index contributed by atoms with van der Waals surface area (Å²) in [7, 11) is 6.44. The van der Waals surface area contributed by atoms with Crippen LogP contribution < -0.4 is 4.90 Å². The van der Waals surface area contributed by atoms with Crippen molar-refractivity contribution in [2.24, 2.45) is 0 Å². The molecule has 0 spiro atoms. The van der Waals surface area contributed by atoms with Crippen molar-refractivity contribution in [2.45, 2.75) is 12.8 Å². The van der Waals surface area contributed by atoms with Gasteiger partial charge in [0.25, 0.3) is 0 Å². The van der Waals surface area contributed by atoms with Gasteiger partial charge < -0.3 is 14.4 Å². The van der Waals surface area contributed by atoms with Crippen LogP contribution in [0.15, 0.2) is 6.07 Å². The number of carbonyl (C=O) groups is 2. The topological polar surface area (TPSA) is 55.8 Å². The monoisotopic (exact) mass is 263 g/mol. The number of hydrogen-bond acceptors (Lipinski definition) is 5. The molecular weight excluding hydrogens is 246 g/mol. The maximum absolute atomic E-state index is 11.9. The van der Waals surface area contributed by atoms with E-state index in [1.807, 2.05) is 19.0 Å². The van der Waals surface area contributed by atoms with Crippen molar-refractivity contribution < 1.29 is 19.1 Å². The fraction of sp³-hybridized carbons (Fsp3) is 0.429. The summed E-state index contributed by atoms with van der Waals surface area (Å²) in [4.78, 5) is 25.7. The number of esters is 2. The summed E-state index contributed by atoms with van der Waals surface area (Å²) in [5.74, 6) is -1.00. The Morgan fingerprint density at radius 2 is 1.63 bits per heavy atom. The summed E-state index contributed by atoms with van der Waals surface area (Å²) in [6, 6.07) is 1.70. The molecule has 0 radical (unpaired) electrons. The average Bonchev–Trinajstić information content (AvgIpc) is 2.36. The van der Waals surface area contributed by atoms with E-state index in [1.54, 1.807) is 6.07 Å². The molecule has 0 heterocycles. The van der Waals surface area contributed by atoms with E-state index in [1.165, 1.54) is 14.2 Å². The fourth-order valence-corrected chi connectivity index (χ4v) is 2.40. The smallest absolute Gasteiger partial charge is 0.339 e. The molecule has 19 heavy (non-hydrogen) atoms. The molecule has 0 aromatic heterocycles. The van der Waals surface area contributed by atoms with Crippen LogP contribution in [0.25, 0.3) is 0 Å². The van der Waals surface area contributed by atoms with E-state index in [-0.39, 0.29) is 5.56 Å². The summed E-state index contributed by atoms with van der Waals surface area (Å²) in [5.41, 5.74) is 3.59. The molecule has 0 fully saturated rings. The van der Waals surface area contributed by atoms with Gasteiger partial charge >= 0.3 is 11.9 Å². The average molecular weight is 263 g/mol. The highest BCUT2D eigenvalue weighted by Gasteiger charge is 2.31. The lowest BCUT2D eigenvalue weighted by molar-refractivity contribution is 0.0553. The van der Waals surface area contributed by atoms with Gasteiger partial charge in [0, 0.05) is 19.8 Å². The number of nitrogens with zero attached hydrogens (tertiary/aromatic N) is 1. The first-order valence-electron chi connectivity index (χ1n) is 6.04. The molecular formula is C14H17NO4. The molecule has 0 saturated heterocycles. The SMILES string of the molecule is COC(=O)c1cc(N(C)C)c2c(c1C(=O)OC)CC2. The van der Waals surface area contributed by atoms with Crippen molar-refractivity contribution >= 4 is 17.6 Å². The van der Waals surface area contributed by atoms with Gasteiger partial charge in [-0.1, -0.05) is 0 Å². The number of fused-ring (bicyclic) bond motifs is 1. The van der Waals surface area contributed by atoms with E-state index < -0.39 is 11.9 Å². The summed E-state index contributed by atoms with van der Waals surface area (Å²) >= 11 is 0. The molecule has 0 aliphatic heterocycles. The normalized spacial score (nSPS) is 12.2. The van der Waals surface area contributed by atoms with Crippen molar-refractivity contribution in [3.05, 3.63) is 28.3 Å². The number of rotatable bonds is 3. The van der Waals surface area contributed by atoms with Crippen molar-refractivity contribution in [3.8, 4) is 0 Å². The molecule has 102 valence electrons. The Labute approximate surface area is 112 Å². The third kappa shape index (κ3) is 2.05. The van der Waals surface area contributed by atoms with E-state index in [2.05, 4.69) is 0 Å². The summed E-state index contributed by atoms with van der Waals surface area (Å²) < 4.78 is 9.54. The van der Waals surface area contributed by atoms with Crippen LogP contribution in [0.1, 0.15) is 31.8 Å². The second kappa shape index (κ2) is 4.91. The minimum Gasteiger partial charge on any atom is -0.465 e. The van der Waals surface area contributed by atoms with Crippen molar-refractivity contribution in [3.63, 3.8) is 0 Å². The van der Waals surface area contributed by atoms with E-state index in [0.717, 1.165) is 29.7 Å². The highest BCUT2D eigenvalue weighted by atomic mass is 16.5. The van der Waals surface area contributed by atoms with Gasteiger partial charge in [0.15, 0.2) is 0 Å². The van der Waals surface area contributed by atoms with E-state index in [9.17, 15) is 9.59 Å². The zero-order chi connectivity index (χ0) is 14.2. The molecule has 1 aliphatic rings. The van der Waals surface area contributed by atoms with Gasteiger partial charge in [-0.2, -0.15) is 0 Å². The first-order chi connectivity index (χ1) is 9.01. The number of hydrogen-bond donors (Lipinski definition) is 0. The van der Waals surface area contributed by atoms with Gasteiger partial charge in [-0.05, 0) is 30.0 Å². The molecule has 0 saturated carbocycles. The Morgan fingerprint density at radius 3 is 2.05 bits per heavy atom. The van der Waals surface area contributed by atoms with Crippen LogP contribution in [0, 0.1) is 0 Å². The van der Waals surface area contributed by atoms with Crippen molar-refractivity contribution in [1.29, 1.82) is 0 Å². The first kappa shape index (κ1) is 13.4. The Balaban J connectivity index is 2.68. The largest absolute Gasteiger partial charge is 0.465 e. The van der Waals surface area contributed by atoms with Crippen LogP contribution in [0.4, 0.5) is 5.69 Å². The molecule has 1 aliphatic carbocycles. The van der Waals surface area contributed by atoms with Crippen LogP contribution in [0.3, 0.4) is 0 Å². The second-order valence-corrected chi connectivity index (χ2v) is 4.65. The number of methoxy groups -OCH3 is 2. The summed E-state index contributed by atoms with van der Waals surface area (Å²) in [5, 5.41) is 0. The molecule has 0 amide bonds. The predicted molar refractivity (Wildman–Crippen MR) is 70.9 cm³/mol. The second-order valence-electron chi connectivity index (χ2n) is 4.65. The van der Waals surface area contributed by atoms with E-state index >= 15 is 0 Å². The Hall–Kier alpha value is -2.04. The standard InChI is InChI=1S/C14H17NO4/c1-15(2)11-7-10(13(16)18-3)12(14(17)19-4)9-6-5-8(9)11/h7H,5-6H2,1-4H3. The number of benzene rings is 1. The zero-order valence-electron chi connectivity index (χ0n) is 11.6. The highest BCUT2D eigenvalue weighted by Crippen LogP contribution is 2.37. The quantitative estimate of drug-likeness (QED) is 0.772. The molecule has 1 aromatic rings. The van der Waals surface area contributed by atoms with Gasteiger partial charge in [-0.15, -0.1) is 0 Å². The molecule has 0 N–H and O–H groups in total. The Morgan fingerprint density at radius 1 is 1.05 bits per heavy atom. The highest BCUT2D eigenvalue weighted by molar-refractivity contribution is 6.06. The van der Waals surface area contributed by atoms with Gasteiger partial charge in [0.1, 0.15) is 0 Å². The third-order valence-corrected chi connectivity index (χ3v) is 3.43. The summed E-state index contributed by atoms with van der Waals surface area (Å²) in [6.07, 6.45) is 1.69. The number of anilines is 1. The predicted octanol–water partition coefficient (Wildman–Crippen LogP) is 1.42. The summed E-state index contributed by atoms with van der Waals surface area (Å²) in [6.45, 7) is 0. The maximum Gasteiger partial charge on any atom is 0.339 e. The van der Waals surface area contributed by atoms with Crippen LogP contribution in [0.5, 0.6) is 0 Å². The minimum atomic E-state index is -0.516. The Bertz CT molecular complexity index is 549. The number of ether oxygens (including phenoxy) is 2. The van der Waals surface area contributed by atoms with Gasteiger partial charge in [-0.25, -0.2) is 9.59 Å². The van der Waals surface area contributed by atoms with Crippen LogP contribution in [0.2, 0.25) is 0 Å². The van der Waals surface area contributed by atoms with Crippen molar-refractivity contribution in [2.75, 3.05) is 33.2 Å². The molecule has 5 heteroatoms. The fourth-order valence-electron chi connectivity index (χ4n) is 2.40. The van der Waals surface area contributed by atoms with Gasteiger partial charge in [0.05, 0.1) is 25.3 Å². The van der Waals surface area contributed by atoms with Gasteiger partial charge in [-0.3, -0.25) is 0 Å². The van der Waals surface area contributed by atoms with Gasteiger partial charge in [0.2, 0.25) is 0 Å². The lowest BCUT2D eigenvalue weighted by Crippen LogP contribution is -2.25. The zero-order valence-corrected chi connectivity index (χ0v) is 11.6. The first-order valence-corrected chi connectivity index (χ1v) is 6.04. The maximum atomic E-state index is 11.9. The molecule has 1 aromatic carbocycles. The molecule has 0 atom stereocenters. The lowest BCUT2D eigenvalue weighted by atomic mass is 9.80. The molecule has 0 bridgehead atoms. The lowest BCUT2D eigenvalue weighted by Gasteiger charge is -2.29. The molecule has 0 unspecified atom stereocenters. The van der Waals surface area contributed by atoms with Crippen LogP contribution in [-0.2, 0) is 22.3 Å². The van der Waals surface area contributed by atoms with Crippen molar-refractivity contribution in [1.82, 2.24) is 0 Å². The minimum absolute atomic E-state index is 0.275.